The lowest BCUT2D eigenvalue weighted by atomic mass is 10.1. The van der Waals surface area contributed by atoms with Crippen LogP contribution >= 0.6 is 0 Å². The summed E-state index contributed by atoms with van der Waals surface area (Å²) in [4.78, 5) is 12.9. The van der Waals surface area contributed by atoms with Crippen LogP contribution in [0.3, 0.4) is 0 Å². The van der Waals surface area contributed by atoms with Gasteiger partial charge in [-0.3, -0.25) is 4.79 Å². The first-order valence-corrected chi connectivity index (χ1v) is 11.5. The maximum absolute atomic E-state index is 12.8. The zero-order valence-electron chi connectivity index (χ0n) is 17.6. The number of aromatic nitrogens is 4. The second-order valence-corrected chi connectivity index (χ2v) is 9.85. The Morgan fingerprint density at radius 3 is 2.61 bits per heavy atom. The highest BCUT2D eigenvalue weighted by Crippen LogP contribution is 2.36. The maximum atomic E-state index is 12.8. The minimum absolute atomic E-state index is 0.0775. The van der Waals surface area contributed by atoms with Crippen molar-refractivity contribution in [2.75, 3.05) is 12.4 Å². The fraction of sp³-hybridized carbons (Fsp3) is 0.333. The van der Waals surface area contributed by atoms with E-state index in [-0.39, 0.29) is 16.5 Å². The Bertz CT molecular complexity index is 1220. The first-order chi connectivity index (χ1) is 14.8. The number of anilines is 1. The van der Waals surface area contributed by atoms with Gasteiger partial charge < -0.3 is 5.32 Å². The lowest BCUT2D eigenvalue weighted by Crippen LogP contribution is -2.33. The smallest absolute Gasteiger partial charge is 0.255 e. The number of carbonyl (C=O) groups is 1. The average molecular weight is 441 g/mol. The van der Waals surface area contributed by atoms with Crippen molar-refractivity contribution in [2.45, 2.75) is 43.7 Å². The molecule has 3 aromatic rings. The van der Waals surface area contributed by atoms with E-state index in [0.29, 0.717) is 17.6 Å². The molecular formula is C21H24N6O3S. The van der Waals surface area contributed by atoms with Gasteiger partial charge in [0.05, 0.1) is 10.9 Å². The number of rotatable bonds is 7. The molecular weight excluding hydrogens is 416 g/mol. The van der Waals surface area contributed by atoms with Gasteiger partial charge in [-0.2, -0.15) is 4.31 Å². The van der Waals surface area contributed by atoms with E-state index in [1.54, 1.807) is 42.8 Å². The molecule has 1 aliphatic carbocycles. The Balaban J connectivity index is 1.56. The van der Waals surface area contributed by atoms with Crippen molar-refractivity contribution < 1.29 is 13.2 Å². The summed E-state index contributed by atoms with van der Waals surface area (Å²) in [5.41, 5.74) is 1.62. The zero-order valence-corrected chi connectivity index (χ0v) is 18.4. The van der Waals surface area contributed by atoms with Crippen molar-refractivity contribution in [3.8, 4) is 11.4 Å². The number of nitrogens with one attached hydrogen (secondary N) is 1. The number of sulfonamides is 1. The normalized spacial score (nSPS) is 14.2. The first-order valence-electron chi connectivity index (χ1n) is 10.0. The Morgan fingerprint density at radius 2 is 1.90 bits per heavy atom. The van der Waals surface area contributed by atoms with Crippen molar-refractivity contribution in [1.29, 1.82) is 0 Å². The molecule has 9 nitrogen and oxygen atoms in total. The van der Waals surface area contributed by atoms with Crippen LogP contribution in [0.4, 0.5) is 5.69 Å². The molecule has 162 valence electrons. The standard InChI is InChI=1S/C21H24N6O3S/c1-14(2)26(3)31(29,30)19-9-5-7-16(13-19)21(28)22-17-8-4-6-15(12-17)20-23-24-25-27(20)18-10-11-18/h4-9,12-14,18H,10-11H2,1-3H3,(H,22,28). The van der Waals surface area contributed by atoms with E-state index in [9.17, 15) is 13.2 Å². The van der Waals surface area contributed by atoms with E-state index < -0.39 is 15.9 Å². The molecule has 1 aromatic heterocycles. The van der Waals surface area contributed by atoms with Gasteiger partial charge in [0.15, 0.2) is 5.82 Å². The topological polar surface area (TPSA) is 110 Å². The Kier molecular flexibility index (Phi) is 5.59. The van der Waals surface area contributed by atoms with E-state index in [1.165, 1.54) is 23.5 Å². The summed E-state index contributed by atoms with van der Waals surface area (Å²) in [5.74, 6) is 0.256. The Hall–Kier alpha value is -3.11. The van der Waals surface area contributed by atoms with Crippen molar-refractivity contribution in [1.82, 2.24) is 24.5 Å². The third kappa shape index (κ3) is 4.35. The summed E-state index contributed by atoms with van der Waals surface area (Å²) in [6.07, 6.45) is 2.11. The molecule has 1 N–H and O–H groups in total. The summed E-state index contributed by atoms with van der Waals surface area (Å²) < 4.78 is 28.6. The molecule has 1 saturated carbocycles. The summed E-state index contributed by atoms with van der Waals surface area (Å²) in [7, 11) is -2.16. The van der Waals surface area contributed by atoms with Gasteiger partial charge in [-0.15, -0.1) is 5.10 Å². The van der Waals surface area contributed by atoms with Crippen molar-refractivity contribution in [3.63, 3.8) is 0 Å². The number of carbonyl (C=O) groups excluding carboxylic acids is 1. The van der Waals surface area contributed by atoms with Crippen LogP contribution in [0.5, 0.6) is 0 Å². The molecule has 1 fully saturated rings. The van der Waals surface area contributed by atoms with Crippen LogP contribution in [-0.4, -0.2) is 51.9 Å². The van der Waals surface area contributed by atoms with Crippen molar-refractivity contribution in [2.24, 2.45) is 0 Å². The molecule has 0 aliphatic heterocycles. The number of hydrogen-bond acceptors (Lipinski definition) is 6. The molecule has 1 aliphatic rings. The third-order valence-corrected chi connectivity index (χ3v) is 7.29. The molecule has 4 rings (SSSR count). The fourth-order valence-electron chi connectivity index (χ4n) is 3.13. The SMILES string of the molecule is CC(C)N(C)S(=O)(=O)c1cccc(C(=O)Nc2cccc(-c3nnnn3C3CC3)c2)c1. The average Bonchev–Trinajstić information content (AvgIpc) is 3.49. The molecule has 0 radical (unpaired) electrons. The van der Waals surface area contributed by atoms with Crippen molar-refractivity contribution >= 4 is 21.6 Å². The van der Waals surface area contributed by atoms with Gasteiger partial charge >= 0.3 is 0 Å². The number of benzene rings is 2. The van der Waals surface area contributed by atoms with Gasteiger partial charge in [0.2, 0.25) is 10.0 Å². The largest absolute Gasteiger partial charge is 0.322 e. The minimum Gasteiger partial charge on any atom is -0.322 e. The second-order valence-electron chi connectivity index (χ2n) is 7.86. The van der Waals surface area contributed by atoms with E-state index in [1.807, 2.05) is 12.1 Å². The van der Waals surface area contributed by atoms with E-state index in [2.05, 4.69) is 20.8 Å². The summed E-state index contributed by atoms with van der Waals surface area (Å²) in [6.45, 7) is 3.58. The molecule has 0 saturated heterocycles. The summed E-state index contributed by atoms with van der Waals surface area (Å²) >= 11 is 0. The lowest BCUT2D eigenvalue weighted by molar-refractivity contribution is 0.102. The van der Waals surface area contributed by atoms with Gasteiger partial charge in [-0.1, -0.05) is 18.2 Å². The number of hydrogen-bond donors (Lipinski definition) is 1. The molecule has 0 bridgehead atoms. The van der Waals surface area contributed by atoms with Gasteiger partial charge in [0, 0.05) is 29.9 Å². The van der Waals surface area contributed by atoms with Crippen LogP contribution in [-0.2, 0) is 10.0 Å². The van der Waals surface area contributed by atoms with Crippen LogP contribution in [0.15, 0.2) is 53.4 Å². The molecule has 10 heteroatoms. The zero-order chi connectivity index (χ0) is 22.2. The summed E-state index contributed by atoms with van der Waals surface area (Å²) in [6, 6.07) is 13.4. The Labute approximate surface area is 181 Å². The molecule has 0 unspecified atom stereocenters. The van der Waals surface area contributed by atoms with Crippen LogP contribution in [0, 0.1) is 0 Å². The van der Waals surface area contributed by atoms with Crippen molar-refractivity contribution in [3.05, 3.63) is 54.1 Å². The first kappa shape index (κ1) is 21.1. The highest BCUT2D eigenvalue weighted by Gasteiger charge is 2.28. The Morgan fingerprint density at radius 1 is 1.16 bits per heavy atom. The van der Waals surface area contributed by atoms with E-state index in [4.69, 9.17) is 0 Å². The molecule has 0 spiro atoms. The van der Waals surface area contributed by atoms with Gasteiger partial charge in [-0.25, -0.2) is 13.1 Å². The summed E-state index contributed by atoms with van der Waals surface area (Å²) in [5, 5.41) is 14.8. The third-order valence-electron chi connectivity index (χ3n) is 5.26. The van der Waals surface area contributed by atoms with E-state index >= 15 is 0 Å². The fourth-order valence-corrected chi connectivity index (χ4v) is 4.54. The number of tetrazole rings is 1. The predicted octanol–water partition coefficient (Wildman–Crippen LogP) is 2.96. The van der Waals surface area contributed by atoms with Crippen LogP contribution in [0.2, 0.25) is 0 Å². The number of nitrogens with zero attached hydrogens (tertiary/aromatic N) is 5. The minimum atomic E-state index is -3.68. The lowest BCUT2D eigenvalue weighted by Gasteiger charge is -2.21. The second kappa shape index (κ2) is 8.20. The molecule has 1 amide bonds. The van der Waals surface area contributed by atoms with Crippen LogP contribution in [0.1, 0.15) is 43.1 Å². The monoisotopic (exact) mass is 440 g/mol. The van der Waals surface area contributed by atoms with Crippen LogP contribution < -0.4 is 5.32 Å². The van der Waals surface area contributed by atoms with E-state index in [0.717, 1.165) is 18.4 Å². The van der Waals surface area contributed by atoms with Gasteiger partial charge in [0.25, 0.3) is 5.91 Å². The molecule has 0 atom stereocenters. The highest BCUT2D eigenvalue weighted by atomic mass is 32.2. The van der Waals surface area contributed by atoms with Crippen LogP contribution in [0.25, 0.3) is 11.4 Å². The molecule has 1 heterocycles. The molecule has 31 heavy (non-hydrogen) atoms. The predicted molar refractivity (Wildman–Crippen MR) is 116 cm³/mol. The van der Waals surface area contributed by atoms with Gasteiger partial charge in [0.1, 0.15) is 0 Å². The maximum Gasteiger partial charge on any atom is 0.255 e. The quantitative estimate of drug-likeness (QED) is 0.605. The highest BCUT2D eigenvalue weighted by molar-refractivity contribution is 7.89. The molecule has 2 aromatic carbocycles. The number of amides is 1. The van der Waals surface area contributed by atoms with Gasteiger partial charge in [-0.05, 0) is 67.4 Å².